The van der Waals surface area contributed by atoms with Crippen LogP contribution in [0.3, 0.4) is 0 Å². The van der Waals surface area contributed by atoms with Crippen molar-refractivity contribution >= 4 is 46.4 Å². The molecule has 2 aromatic rings. The van der Waals surface area contributed by atoms with Crippen LogP contribution in [0.4, 0.5) is 11.4 Å². The molecule has 6 nitrogen and oxygen atoms in total. The Morgan fingerprint density at radius 3 is 2.27 bits per heavy atom. The second-order valence-electron chi connectivity index (χ2n) is 7.75. The number of benzene rings is 2. The Labute approximate surface area is 185 Å². The molecule has 160 valence electrons. The predicted octanol–water partition coefficient (Wildman–Crippen LogP) is 5.11. The number of nitrogens with one attached hydrogen (secondary N) is 2. The number of alkyl halides is 2. The van der Waals surface area contributed by atoms with Crippen LogP contribution in [0.25, 0.3) is 0 Å². The minimum atomic E-state index is -1.17. The van der Waals surface area contributed by atoms with Crippen LogP contribution in [0.5, 0.6) is 11.5 Å². The van der Waals surface area contributed by atoms with Crippen molar-refractivity contribution in [3.05, 3.63) is 48.0 Å². The van der Waals surface area contributed by atoms with Gasteiger partial charge in [-0.15, -0.1) is 23.2 Å². The van der Waals surface area contributed by atoms with Gasteiger partial charge in [0, 0.05) is 18.5 Å². The average molecular weight is 451 g/mol. The van der Waals surface area contributed by atoms with Crippen LogP contribution in [0.2, 0.25) is 0 Å². The van der Waals surface area contributed by atoms with Gasteiger partial charge in [0.2, 0.25) is 5.91 Å². The van der Waals surface area contributed by atoms with E-state index in [-0.39, 0.29) is 17.7 Å². The smallest absolute Gasteiger partial charge is 0.268 e. The fraction of sp³-hybridized carbons (Fsp3) is 0.364. The summed E-state index contributed by atoms with van der Waals surface area (Å²) >= 11 is 12.2. The van der Waals surface area contributed by atoms with Crippen molar-refractivity contribution in [2.45, 2.75) is 43.0 Å². The molecule has 0 unspecified atom stereocenters. The van der Waals surface area contributed by atoms with Gasteiger partial charge < -0.3 is 20.1 Å². The Morgan fingerprint density at radius 1 is 1.10 bits per heavy atom. The van der Waals surface area contributed by atoms with Crippen LogP contribution < -0.4 is 20.1 Å². The Morgan fingerprint density at radius 2 is 1.73 bits per heavy atom. The molecule has 0 heterocycles. The lowest BCUT2D eigenvalue weighted by atomic mass is 10.1. The molecule has 2 N–H and O–H groups in total. The van der Waals surface area contributed by atoms with Gasteiger partial charge in [-0.1, -0.05) is 12.1 Å². The third-order valence-electron chi connectivity index (χ3n) is 4.80. The van der Waals surface area contributed by atoms with Gasteiger partial charge in [0.1, 0.15) is 15.8 Å². The van der Waals surface area contributed by atoms with Crippen molar-refractivity contribution in [2.75, 3.05) is 17.7 Å². The van der Waals surface area contributed by atoms with E-state index in [1.165, 1.54) is 14.0 Å². The average Bonchev–Trinajstić information content (AvgIpc) is 3.30. The Bertz CT molecular complexity index is 958. The number of methoxy groups -OCH3 is 1. The van der Waals surface area contributed by atoms with E-state index in [0.29, 0.717) is 22.9 Å². The number of rotatable bonds is 7. The van der Waals surface area contributed by atoms with Crippen LogP contribution >= 0.6 is 23.2 Å². The Balaban J connectivity index is 1.70. The van der Waals surface area contributed by atoms with Gasteiger partial charge in [0.25, 0.3) is 5.91 Å². The molecule has 3 rings (SSSR count). The highest BCUT2D eigenvalue weighted by Crippen LogP contribution is 2.59. The van der Waals surface area contributed by atoms with E-state index in [2.05, 4.69) is 10.6 Å². The van der Waals surface area contributed by atoms with E-state index in [4.69, 9.17) is 32.7 Å². The molecule has 2 aromatic carbocycles. The predicted molar refractivity (Wildman–Crippen MR) is 119 cm³/mol. The first-order chi connectivity index (χ1) is 14.0. The molecule has 0 spiro atoms. The summed E-state index contributed by atoms with van der Waals surface area (Å²) in [4.78, 5) is 24.2. The number of amides is 2. The van der Waals surface area contributed by atoms with Gasteiger partial charge in [0.05, 0.1) is 12.8 Å². The fourth-order valence-electron chi connectivity index (χ4n) is 3.04. The Kier molecular flexibility index (Phi) is 6.20. The molecule has 0 aromatic heterocycles. The first kappa shape index (κ1) is 22.2. The van der Waals surface area contributed by atoms with Crippen molar-refractivity contribution in [2.24, 2.45) is 0 Å². The maximum atomic E-state index is 12.9. The molecule has 0 bridgehead atoms. The number of carbonyl (C=O) groups excluding carboxylic acids is 2. The lowest BCUT2D eigenvalue weighted by Crippen LogP contribution is -2.42. The first-order valence-corrected chi connectivity index (χ1v) is 10.2. The molecule has 2 amide bonds. The summed E-state index contributed by atoms with van der Waals surface area (Å²) in [6.45, 7) is 4.75. The van der Waals surface area contributed by atoms with Crippen LogP contribution in [0.1, 0.15) is 38.7 Å². The number of halogens is 2. The van der Waals surface area contributed by atoms with E-state index in [9.17, 15) is 9.59 Å². The molecule has 30 heavy (non-hydrogen) atoms. The molecule has 1 aliphatic carbocycles. The van der Waals surface area contributed by atoms with E-state index >= 15 is 0 Å². The van der Waals surface area contributed by atoms with Crippen molar-refractivity contribution in [3.8, 4) is 11.5 Å². The van der Waals surface area contributed by atoms with Crippen molar-refractivity contribution in [1.29, 1.82) is 0 Å². The van der Waals surface area contributed by atoms with Gasteiger partial charge in [0.15, 0.2) is 5.60 Å². The summed E-state index contributed by atoms with van der Waals surface area (Å²) in [7, 11) is 1.50. The molecular formula is C22H24Cl2N2O4. The highest BCUT2D eigenvalue weighted by Gasteiger charge is 2.52. The van der Waals surface area contributed by atoms with Crippen molar-refractivity contribution < 1.29 is 19.1 Å². The van der Waals surface area contributed by atoms with Crippen molar-refractivity contribution in [1.82, 2.24) is 0 Å². The topological polar surface area (TPSA) is 76.7 Å². The number of hydrogen-bond donors (Lipinski definition) is 2. The second-order valence-corrected chi connectivity index (χ2v) is 9.29. The van der Waals surface area contributed by atoms with E-state index in [0.717, 1.165) is 12.0 Å². The van der Waals surface area contributed by atoms with Gasteiger partial charge >= 0.3 is 0 Å². The van der Waals surface area contributed by atoms with Gasteiger partial charge in [-0.05, 0) is 56.2 Å². The largest absolute Gasteiger partial charge is 0.495 e. The molecule has 1 saturated carbocycles. The summed E-state index contributed by atoms with van der Waals surface area (Å²) in [6, 6.07) is 12.4. The Hall–Kier alpha value is -2.44. The maximum Gasteiger partial charge on any atom is 0.268 e. The summed E-state index contributed by atoms with van der Waals surface area (Å²) in [5.74, 6) is 0.555. The zero-order chi connectivity index (χ0) is 22.1. The van der Waals surface area contributed by atoms with Crippen LogP contribution in [-0.2, 0) is 9.59 Å². The molecule has 0 radical (unpaired) electrons. The summed E-state index contributed by atoms with van der Waals surface area (Å²) in [6.07, 6.45) is 0.726. The maximum absolute atomic E-state index is 12.9. The molecule has 0 saturated heterocycles. The zero-order valence-electron chi connectivity index (χ0n) is 17.2. The summed E-state index contributed by atoms with van der Waals surface area (Å²) in [5, 5.41) is 5.49. The number of hydrogen-bond acceptors (Lipinski definition) is 4. The van der Waals surface area contributed by atoms with Crippen LogP contribution in [0, 0.1) is 0 Å². The normalized spacial score (nSPS) is 17.1. The molecule has 1 aliphatic rings. The molecule has 0 aliphatic heterocycles. The lowest BCUT2D eigenvalue weighted by molar-refractivity contribution is -0.128. The van der Waals surface area contributed by atoms with E-state index < -0.39 is 9.93 Å². The minimum Gasteiger partial charge on any atom is -0.495 e. The SMILES string of the molecule is COc1ccc(NC(C)=O)cc1NC(=O)C(C)(C)Oc1ccc([C@H]2CC2(Cl)Cl)cc1. The molecule has 8 heteroatoms. The molecule has 1 fully saturated rings. The number of anilines is 2. The monoisotopic (exact) mass is 450 g/mol. The highest BCUT2D eigenvalue weighted by atomic mass is 35.5. The van der Waals surface area contributed by atoms with E-state index in [1.54, 1.807) is 44.2 Å². The standard InChI is InChI=1S/C22H24Cl2N2O4/c1-13(27)25-15-7-10-19(29-4)18(11-15)26-20(28)21(2,3)30-16-8-5-14(6-9-16)17-12-22(17,23)24/h5-11,17H,12H2,1-4H3,(H,25,27)(H,26,28)/t17-/m1/s1. The van der Waals surface area contributed by atoms with Crippen molar-refractivity contribution in [3.63, 3.8) is 0 Å². The van der Waals surface area contributed by atoms with Crippen LogP contribution in [-0.4, -0.2) is 28.9 Å². The van der Waals surface area contributed by atoms with Gasteiger partial charge in [-0.2, -0.15) is 0 Å². The van der Waals surface area contributed by atoms with E-state index in [1.807, 2.05) is 12.1 Å². The number of carbonyl (C=O) groups is 2. The third-order valence-corrected chi connectivity index (χ3v) is 5.63. The van der Waals surface area contributed by atoms with Gasteiger partial charge in [-0.25, -0.2) is 0 Å². The minimum absolute atomic E-state index is 0.120. The lowest BCUT2D eigenvalue weighted by Gasteiger charge is -2.26. The summed E-state index contributed by atoms with van der Waals surface area (Å²) < 4.78 is 10.5. The second kappa shape index (κ2) is 8.36. The zero-order valence-corrected chi connectivity index (χ0v) is 18.7. The molecule has 1 atom stereocenters. The highest BCUT2D eigenvalue weighted by molar-refractivity contribution is 6.51. The third kappa shape index (κ3) is 5.18. The molecular weight excluding hydrogens is 427 g/mol. The first-order valence-electron chi connectivity index (χ1n) is 9.46. The van der Waals surface area contributed by atoms with Gasteiger partial charge in [-0.3, -0.25) is 9.59 Å². The fourth-order valence-corrected chi connectivity index (χ4v) is 3.60. The quantitative estimate of drug-likeness (QED) is 0.574. The number of ether oxygens (including phenoxy) is 2. The van der Waals surface area contributed by atoms with Crippen LogP contribution in [0.15, 0.2) is 42.5 Å². The summed E-state index contributed by atoms with van der Waals surface area (Å²) in [5.41, 5.74) is 0.839.